The summed E-state index contributed by atoms with van der Waals surface area (Å²) in [5.41, 5.74) is 2.26. The van der Waals surface area contributed by atoms with Crippen LogP contribution < -0.4 is 10.6 Å². The number of hydrogen-bond acceptors (Lipinski definition) is 4. The third kappa shape index (κ3) is 4.39. The Morgan fingerprint density at radius 1 is 1.13 bits per heavy atom. The molecular formula is C17H21N3O2S. The van der Waals surface area contributed by atoms with E-state index in [0.717, 1.165) is 16.3 Å². The summed E-state index contributed by atoms with van der Waals surface area (Å²) in [4.78, 5) is 28.3. The topological polar surface area (TPSA) is 71.1 Å². The molecular weight excluding hydrogens is 310 g/mol. The minimum atomic E-state index is -0.457. The fourth-order valence-electron chi connectivity index (χ4n) is 1.85. The second kappa shape index (κ2) is 6.50. The van der Waals surface area contributed by atoms with E-state index in [9.17, 15) is 9.59 Å². The SMILES string of the molecule is Cc1nc(C(=O)Nc2ccc(NC(=O)C(C)(C)C)c(C)c2)cs1. The number of thiazole rings is 1. The van der Waals surface area contributed by atoms with Crippen LogP contribution in [0.3, 0.4) is 0 Å². The molecule has 0 atom stereocenters. The van der Waals surface area contributed by atoms with Gasteiger partial charge in [0.05, 0.1) is 5.01 Å². The molecule has 0 saturated carbocycles. The lowest BCUT2D eigenvalue weighted by Gasteiger charge is -2.19. The van der Waals surface area contributed by atoms with Crippen molar-refractivity contribution in [2.24, 2.45) is 5.41 Å². The van der Waals surface area contributed by atoms with Crippen LogP contribution in [0, 0.1) is 19.3 Å². The molecule has 0 unspecified atom stereocenters. The Morgan fingerprint density at radius 2 is 1.83 bits per heavy atom. The van der Waals surface area contributed by atoms with Gasteiger partial charge in [-0.1, -0.05) is 20.8 Å². The number of aromatic nitrogens is 1. The van der Waals surface area contributed by atoms with Crippen molar-refractivity contribution < 1.29 is 9.59 Å². The smallest absolute Gasteiger partial charge is 0.275 e. The van der Waals surface area contributed by atoms with E-state index in [4.69, 9.17) is 0 Å². The van der Waals surface area contributed by atoms with Crippen molar-refractivity contribution in [3.05, 3.63) is 39.8 Å². The molecule has 0 saturated heterocycles. The van der Waals surface area contributed by atoms with Crippen molar-refractivity contribution in [3.63, 3.8) is 0 Å². The number of nitrogens with zero attached hydrogens (tertiary/aromatic N) is 1. The average molecular weight is 331 g/mol. The predicted molar refractivity (Wildman–Crippen MR) is 94.1 cm³/mol. The highest BCUT2D eigenvalue weighted by Gasteiger charge is 2.21. The van der Waals surface area contributed by atoms with E-state index >= 15 is 0 Å². The van der Waals surface area contributed by atoms with Gasteiger partial charge in [-0.2, -0.15) is 0 Å². The molecule has 1 aromatic heterocycles. The molecule has 23 heavy (non-hydrogen) atoms. The Labute approximate surface area is 140 Å². The van der Waals surface area contributed by atoms with Crippen LogP contribution in [0.4, 0.5) is 11.4 Å². The molecule has 0 spiro atoms. The number of nitrogens with one attached hydrogen (secondary N) is 2. The molecule has 122 valence electrons. The molecule has 0 aliphatic carbocycles. The van der Waals surface area contributed by atoms with Gasteiger partial charge in [0.15, 0.2) is 0 Å². The fourth-order valence-corrected chi connectivity index (χ4v) is 2.45. The van der Waals surface area contributed by atoms with Crippen LogP contribution in [0.15, 0.2) is 23.6 Å². The predicted octanol–water partition coefficient (Wildman–Crippen LogP) is 4.00. The van der Waals surface area contributed by atoms with Crippen LogP contribution in [0.2, 0.25) is 0 Å². The van der Waals surface area contributed by atoms with Crippen LogP contribution in [-0.4, -0.2) is 16.8 Å². The quantitative estimate of drug-likeness (QED) is 0.893. The number of anilines is 2. The van der Waals surface area contributed by atoms with Gasteiger partial charge in [0.25, 0.3) is 5.91 Å². The van der Waals surface area contributed by atoms with Crippen LogP contribution in [0.25, 0.3) is 0 Å². The van der Waals surface area contributed by atoms with Gasteiger partial charge in [0, 0.05) is 22.2 Å². The lowest BCUT2D eigenvalue weighted by atomic mass is 9.95. The number of carbonyl (C=O) groups excluding carboxylic acids is 2. The van der Waals surface area contributed by atoms with E-state index in [1.165, 1.54) is 11.3 Å². The number of carbonyl (C=O) groups is 2. The molecule has 0 bridgehead atoms. The molecule has 0 radical (unpaired) electrons. The molecule has 0 aliphatic heterocycles. The molecule has 1 aromatic carbocycles. The molecule has 2 rings (SSSR count). The number of amides is 2. The monoisotopic (exact) mass is 331 g/mol. The van der Waals surface area contributed by atoms with E-state index in [2.05, 4.69) is 15.6 Å². The van der Waals surface area contributed by atoms with Crippen molar-refractivity contribution >= 4 is 34.5 Å². The van der Waals surface area contributed by atoms with Crippen molar-refractivity contribution in [2.45, 2.75) is 34.6 Å². The molecule has 0 aliphatic rings. The maximum Gasteiger partial charge on any atom is 0.275 e. The largest absolute Gasteiger partial charge is 0.325 e. The zero-order chi connectivity index (χ0) is 17.2. The van der Waals surface area contributed by atoms with Gasteiger partial charge in [-0.3, -0.25) is 9.59 Å². The van der Waals surface area contributed by atoms with E-state index in [0.29, 0.717) is 11.4 Å². The molecule has 1 heterocycles. The summed E-state index contributed by atoms with van der Waals surface area (Å²) < 4.78 is 0. The maximum absolute atomic E-state index is 12.1. The Balaban J connectivity index is 2.10. The minimum Gasteiger partial charge on any atom is -0.325 e. The lowest BCUT2D eigenvalue weighted by molar-refractivity contribution is -0.123. The van der Waals surface area contributed by atoms with Gasteiger partial charge in [-0.15, -0.1) is 11.3 Å². The Kier molecular flexibility index (Phi) is 4.85. The van der Waals surface area contributed by atoms with E-state index < -0.39 is 5.41 Å². The molecule has 2 amide bonds. The van der Waals surface area contributed by atoms with Gasteiger partial charge >= 0.3 is 0 Å². The summed E-state index contributed by atoms with van der Waals surface area (Å²) in [6.07, 6.45) is 0. The van der Waals surface area contributed by atoms with Crippen LogP contribution >= 0.6 is 11.3 Å². The Hall–Kier alpha value is -2.21. The van der Waals surface area contributed by atoms with Crippen LogP contribution in [0.5, 0.6) is 0 Å². The van der Waals surface area contributed by atoms with Crippen molar-refractivity contribution in [1.82, 2.24) is 4.98 Å². The van der Waals surface area contributed by atoms with Gasteiger partial charge < -0.3 is 10.6 Å². The third-order valence-corrected chi connectivity index (χ3v) is 4.04. The second-order valence-electron chi connectivity index (χ2n) is 6.44. The standard InChI is InChI=1S/C17H21N3O2S/c1-10-8-12(19-15(21)14-9-23-11(2)18-14)6-7-13(10)20-16(22)17(3,4)5/h6-9H,1-5H3,(H,19,21)(H,20,22). The molecule has 2 aromatic rings. The molecule has 2 N–H and O–H groups in total. The highest BCUT2D eigenvalue weighted by atomic mass is 32.1. The minimum absolute atomic E-state index is 0.0460. The highest BCUT2D eigenvalue weighted by Crippen LogP contribution is 2.23. The van der Waals surface area contributed by atoms with Gasteiger partial charge in [-0.25, -0.2) is 4.98 Å². The van der Waals surface area contributed by atoms with E-state index in [-0.39, 0.29) is 11.8 Å². The average Bonchev–Trinajstić information content (AvgIpc) is 2.87. The first-order valence-corrected chi connectivity index (χ1v) is 8.20. The highest BCUT2D eigenvalue weighted by molar-refractivity contribution is 7.09. The summed E-state index contributed by atoms with van der Waals surface area (Å²) >= 11 is 1.44. The number of benzene rings is 1. The van der Waals surface area contributed by atoms with Crippen molar-refractivity contribution in [1.29, 1.82) is 0 Å². The fraction of sp³-hybridized carbons (Fsp3) is 0.353. The number of aryl methyl sites for hydroxylation is 2. The number of hydrogen-bond donors (Lipinski definition) is 2. The van der Waals surface area contributed by atoms with E-state index in [1.807, 2.05) is 40.7 Å². The summed E-state index contributed by atoms with van der Waals surface area (Å²) in [6.45, 7) is 9.34. The van der Waals surface area contributed by atoms with Gasteiger partial charge in [-0.05, 0) is 37.6 Å². The Bertz CT molecular complexity index is 745. The van der Waals surface area contributed by atoms with Crippen LogP contribution in [0.1, 0.15) is 41.8 Å². The van der Waals surface area contributed by atoms with Gasteiger partial charge in [0.1, 0.15) is 5.69 Å². The molecule has 6 heteroatoms. The lowest BCUT2D eigenvalue weighted by Crippen LogP contribution is -2.27. The van der Waals surface area contributed by atoms with E-state index in [1.54, 1.807) is 17.5 Å². The molecule has 5 nitrogen and oxygen atoms in total. The zero-order valence-electron chi connectivity index (χ0n) is 14.0. The first-order valence-electron chi connectivity index (χ1n) is 7.32. The summed E-state index contributed by atoms with van der Waals surface area (Å²) in [7, 11) is 0. The first-order chi connectivity index (χ1) is 10.7. The summed E-state index contributed by atoms with van der Waals surface area (Å²) in [6, 6.07) is 5.39. The van der Waals surface area contributed by atoms with Crippen molar-refractivity contribution in [3.8, 4) is 0 Å². The second-order valence-corrected chi connectivity index (χ2v) is 7.50. The summed E-state index contributed by atoms with van der Waals surface area (Å²) in [5, 5.41) is 8.30. The van der Waals surface area contributed by atoms with Gasteiger partial charge in [0.2, 0.25) is 5.91 Å². The Morgan fingerprint density at radius 3 is 2.35 bits per heavy atom. The summed E-state index contributed by atoms with van der Waals surface area (Å²) in [5.74, 6) is -0.282. The third-order valence-electron chi connectivity index (χ3n) is 3.27. The van der Waals surface area contributed by atoms with Crippen LogP contribution in [-0.2, 0) is 4.79 Å². The number of rotatable bonds is 3. The molecule has 0 fully saturated rings. The van der Waals surface area contributed by atoms with Crippen molar-refractivity contribution in [2.75, 3.05) is 10.6 Å². The maximum atomic E-state index is 12.1. The normalized spacial score (nSPS) is 11.2. The zero-order valence-corrected chi connectivity index (χ0v) is 14.8. The first kappa shape index (κ1) is 17.1.